The highest BCUT2D eigenvalue weighted by Gasteiger charge is 2.29. The highest BCUT2D eigenvalue weighted by Crippen LogP contribution is 2.19. The standard InChI is InChI=1S/C10H14N2O3S/c11-5-8-1-2-9(6-12-8)15-10-3-4-16(13,14)7-10/h1-2,6,10H,3-5,7,11H2. The van der Waals surface area contributed by atoms with Crippen LogP contribution < -0.4 is 10.5 Å². The van der Waals surface area contributed by atoms with Crippen molar-refractivity contribution in [2.24, 2.45) is 5.73 Å². The Balaban J connectivity index is 1.99. The van der Waals surface area contributed by atoms with Crippen LogP contribution in [0.25, 0.3) is 0 Å². The van der Waals surface area contributed by atoms with Gasteiger partial charge in [-0.2, -0.15) is 0 Å². The number of ether oxygens (including phenoxy) is 1. The SMILES string of the molecule is NCc1ccc(OC2CCS(=O)(=O)C2)cn1. The van der Waals surface area contributed by atoms with Crippen LogP contribution in [-0.2, 0) is 16.4 Å². The largest absolute Gasteiger partial charge is 0.488 e. The van der Waals surface area contributed by atoms with Crippen molar-refractivity contribution in [1.82, 2.24) is 4.98 Å². The molecule has 1 fully saturated rings. The van der Waals surface area contributed by atoms with E-state index in [0.717, 1.165) is 5.69 Å². The second kappa shape index (κ2) is 4.39. The van der Waals surface area contributed by atoms with Gasteiger partial charge in [0, 0.05) is 6.54 Å². The Morgan fingerprint density at radius 3 is 2.81 bits per heavy atom. The van der Waals surface area contributed by atoms with E-state index >= 15 is 0 Å². The molecule has 2 heterocycles. The molecule has 1 saturated heterocycles. The van der Waals surface area contributed by atoms with Crippen LogP contribution in [0, 0.1) is 0 Å². The molecule has 16 heavy (non-hydrogen) atoms. The van der Waals surface area contributed by atoms with E-state index in [1.54, 1.807) is 18.3 Å². The molecule has 1 aromatic heterocycles. The summed E-state index contributed by atoms with van der Waals surface area (Å²) >= 11 is 0. The number of pyridine rings is 1. The van der Waals surface area contributed by atoms with Crippen LogP contribution in [0.4, 0.5) is 0 Å². The fourth-order valence-electron chi connectivity index (χ4n) is 1.65. The number of aromatic nitrogens is 1. The van der Waals surface area contributed by atoms with Gasteiger partial charge in [0.2, 0.25) is 0 Å². The molecule has 1 unspecified atom stereocenters. The minimum Gasteiger partial charge on any atom is -0.488 e. The molecule has 1 aliphatic rings. The van der Waals surface area contributed by atoms with E-state index in [2.05, 4.69) is 4.98 Å². The lowest BCUT2D eigenvalue weighted by molar-refractivity contribution is 0.228. The molecule has 0 aliphatic carbocycles. The van der Waals surface area contributed by atoms with Crippen molar-refractivity contribution >= 4 is 9.84 Å². The monoisotopic (exact) mass is 242 g/mol. The topological polar surface area (TPSA) is 82.3 Å². The van der Waals surface area contributed by atoms with Gasteiger partial charge < -0.3 is 10.5 Å². The van der Waals surface area contributed by atoms with Crippen molar-refractivity contribution in [3.63, 3.8) is 0 Å². The molecule has 1 atom stereocenters. The summed E-state index contributed by atoms with van der Waals surface area (Å²) in [6.07, 6.45) is 1.89. The fraction of sp³-hybridized carbons (Fsp3) is 0.500. The van der Waals surface area contributed by atoms with E-state index in [1.165, 1.54) is 0 Å². The van der Waals surface area contributed by atoms with Gasteiger partial charge in [-0.05, 0) is 18.6 Å². The molecule has 0 amide bonds. The molecule has 2 rings (SSSR count). The number of sulfone groups is 1. The van der Waals surface area contributed by atoms with Crippen LogP contribution in [0.15, 0.2) is 18.3 Å². The lowest BCUT2D eigenvalue weighted by atomic mass is 10.3. The summed E-state index contributed by atoms with van der Waals surface area (Å²) in [5.74, 6) is 0.914. The number of nitrogens with zero attached hydrogens (tertiary/aromatic N) is 1. The van der Waals surface area contributed by atoms with Gasteiger partial charge in [0.1, 0.15) is 11.9 Å². The van der Waals surface area contributed by atoms with Crippen molar-refractivity contribution in [2.45, 2.75) is 19.1 Å². The minimum absolute atomic E-state index is 0.103. The van der Waals surface area contributed by atoms with Crippen LogP contribution in [-0.4, -0.2) is 31.0 Å². The molecular formula is C10H14N2O3S. The molecule has 88 valence electrons. The third-order valence-electron chi connectivity index (χ3n) is 2.50. The quantitative estimate of drug-likeness (QED) is 0.813. The summed E-state index contributed by atoms with van der Waals surface area (Å²) in [7, 11) is -2.89. The number of hydrogen-bond donors (Lipinski definition) is 1. The van der Waals surface area contributed by atoms with E-state index in [1.807, 2.05) is 0 Å². The summed E-state index contributed by atoms with van der Waals surface area (Å²) in [6, 6.07) is 3.54. The van der Waals surface area contributed by atoms with Crippen LogP contribution in [0.3, 0.4) is 0 Å². The maximum atomic E-state index is 11.2. The van der Waals surface area contributed by atoms with Gasteiger partial charge >= 0.3 is 0 Å². The average Bonchev–Trinajstić information content (AvgIpc) is 2.59. The summed E-state index contributed by atoms with van der Waals surface area (Å²) in [6.45, 7) is 0.387. The predicted octanol–water partition coefficient (Wildman–Crippen LogP) is 0.106. The van der Waals surface area contributed by atoms with Gasteiger partial charge in [-0.1, -0.05) is 0 Å². The predicted molar refractivity (Wildman–Crippen MR) is 59.8 cm³/mol. The summed E-state index contributed by atoms with van der Waals surface area (Å²) < 4.78 is 28.0. The molecule has 2 N–H and O–H groups in total. The lowest BCUT2D eigenvalue weighted by Crippen LogP contribution is -2.17. The van der Waals surface area contributed by atoms with Crippen LogP contribution in [0.1, 0.15) is 12.1 Å². The first kappa shape index (κ1) is 11.3. The highest BCUT2D eigenvalue weighted by atomic mass is 32.2. The minimum atomic E-state index is -2.89. The highest BCUT2D eigenvalue weighted by molar-refractivity contribution is 7.91. The normalized spacial score (nSPS) is 23.2. The Morgan fingerprint density at radius 1 is 1.50 bits per heavy atom. The molecule has 0 spiro atoms. The molecule has 0 saturated carbocycles. The van der Waals surface area contributed by atoms with Crippen molar-refractivity contribution < 1.29 is 13.2 Å². The first-order chi connectivity index (χ1) is 7.59. The zero-order valence-electron chi connectivity index (χ0n) is 8.80. The molecule has 6 heteroatoms. The van der Waals surface area contributed by atoms with E-state index < -0.39 is 9.84 Å². The summed E-state index contributed by atoms with van der Waals surface area (Å²) in [5.41, 5.74) is 6.20. The number of hydrogen-bond acceptors (Lipinski definition) is 5. The van der Waals surface area contributed by atoms with Crippen molar-refractivity contribution in [3.8, 4) is 5.75 Å². The molecule has 0 bridgehead atoms. The zero-order valence-corrected chi connectivity index (χ0v) is 9.61. The Hall–Kier alpha value is -1.14. The Labute approximate surface area is 94.5 Å². The molecular weight excluding hydrogens is 228 g/mol. The Kier molecular flexibility index (Phi) is 3.11. The van der Waals surface area contributed by atoms with Gasteiger partial charge in [0.05, 0.1) is 23.4 Å². The van der Waals surface area contributed by atoms with E-state index in [0.29, 0.717) is 18.7 Å². The van der Waals surface area contributed by atoms with Crippen molar-refractivity contribution in [2.75, 3.05) is 11.5 Å². The van der Waals surface area contributed by atoms with Crippen molar-refractivity contribution in [1.29, 1.82) is 0 Å². The van der Waals surface area contributed by atoms with Gasteiger partial charge in [-0.15, -0.1) is 0 Å². The Morgan fingerprint density at radius 2 is 2.31 bits per heavy atom. The molecule has 1 aromatic rings. The molecule has 0 aromatic carbocycles. The van der Waals surface area contributed by atoms with Crippen LogP contribution in [0.5, 0.6) is 5.75 Å². The third kappa shape index (κ3) is 2.70. The van der Waals surface area contributed by atoms with Crippen molar-refractivity contribution in [3.05, 3.63) is 24.0 Å². The maximum absolute atomic E-state index is 11.2. The summed E-state index contributed by atoms with van der Waals surface area (Å²) in [4.78, 5) is 4.08. The number of rotatable bonds is 3. The second-order valence-electron chi connectivity index (χ2n) is 3.83. The Bertz CT molecular complexity index is 455. The van der Waals surface area contributed by atoms with E-state index in [9.17, 15) is 8.42 Å². The van der Waals surface area contributed by atoms with Gasteiger partial charge in [-0.3, -0.25) is 4.98 Å². The lowest BCUT2D eigenvalue weighted by Gasteiger charge is -2.11. The summed E-state index contributed by atoms with van der Waals surface area (Å²) in [5, 5.41) is 0. The van der Waals surface area contributed by atoms with Crippen LogP contribution >= 0.6 is 0 Å². The second-order valence-corrected chi connectivity index (χ2v) is 6.06. The van der Waals surface area contributed by atoms with Crippen LogP contribution in [0.2, 0.25) is 0 Å². The average molecular weight is 242 g/mol. The fourth-order valence-corrected chi connectivity index (χ4v) is 3.24. The molecule has 1 aliphatic heterocycles. The first-order valence-corrected chi connectivity index (χ1v) is 6.93. The first-order valence-electron chi connectivity index (χ1n) is 5.11. The van der Waals surface area contributed by atoms with E-state index in [4.69, 9.17) is 10.5 Å². The molecule has 0 radical (unpaired) electrons. The van der Waals surface area contributed by atoms with Gasteiger partial charge in [-0.25, -0.2) is 8.42 Å². The maximum Gasteiger partial charge on any atom is 0.154 e. The molecule has 5 nitrogen and oxygen atoms in total. The zero-order chi connectivity index (χ0) is 11.6. The van der Waals surface area contributed by atoms with E-state index in [-0.39, 0.29) is 17.6 Å². The third-order valence-corrected chi connectivity index (χ3v) is 4.24. The van der Waals surface area contributed by atoms with Gasteiger partial charge in [0.25, 0.3) is 0 Å². The number of nitrogens with two attached hydrogens (primary N) is 1. The smallest absolute Gasteiger partial charge is 0.154 e. The van der Waals surface area contributed by atoms with Gasteiger partial charge in [0.15, 0.2) is 9.84 Å².